The number of nitrogens with zero attached hydrogens (tertiary/aromatic N) is 4. The molecule has 0 aliphatic heterocycles. The predicted molar refractivity (Wildman–Crippen MR) is 114 cm³/mol. The Morgan fingerprint density at radius 1 is 1.14 bits per heavy atom. The zero-order chi connectivity index (χ0) is 20.8. The summed E-state index contributed by atoms with van der Waals surface area (Å²) in [6.07, 6.45) is 0.265. The molecule has 1 aromatic heterocycles. The number of nitriles is 1. The zero-order valence-corrected chi connectivity index (χ0v) is 17.5. The summed E-state index contributed by atoms with van der Waals surface area (Å²) >= 11 is 1.20. The molecule has 0 saturated carbocycles. The lowest BCUT2D eigenvalue weighted by Gasteiger charge is -2.22. The maximum Gasteiger partial charge on any atom is 0.277 e. The number of benzene rings is 2. The Hall–Kier alpha value is -3.11. The fourth-order valence-electron chi connectivity index (χ4n) is 3.06. The van der Waals surface area contributed by atoms with Crippen molar-refractivity contribution in [3.05, 3.63) is 59.2 Å². The Morgan fingerprint density at radius 2 is 1.86 bits per heavy atom. The summed E-state index contributed by atoms with van der Waals surface area (Å²) < 4.78 is 5.72. The van der Waals surface area contributed by atoms with Crippen molar-refractivity contribution < 1.29 is 9.21 Å². The lowest BCUT2D eigenvalue weighted by molar-refractivity contribution is -0.116. The molecular formula is C22H22N4O2S. The van der Waals surface area contributed by atoms with Crippen LogP contribution < -0.4 is 4.90 Å². The second-order valence-electron chi connectivity index (χ2n) is 6.78. The van der Waals surface area contributed by atoms with Crippen molar-refractivity contribution in [1.82, 2.24) is 10.2 Å². The Labute approximate surface area is 174 Å². The SMILES string of the molecule is Cc1cc(C)cc(N(CCC#N)C(=O)CSc2nnc(-c3ccccc3C)o2)c1. The van der Waals surface area contributed by atoms with E-state index in [2.05, 4.69) is 22.3 Å². The van der Waals surface area contributed by atoms with Crippen molar-refractivity contribution in [3.8, 4) is 17.5 Å². The standard InChI is InChI=1S/C22H22N4O2S/c1-15-11-16(2)13-18(12-15)26(10-6-9-23)20(27)14-29-22-25-24-21(28-22)19-8-5-4-7-17(19)3/h4-5,7-8,11-13H,6,10,14H2,1-3H3. The van der Waals surface area contributed by atoms with E-state index in [0.717, 1.165) is 27.9 Å². The smallest absolute Gasteiger partial charge is 0.277 e. The zero-order valence-electron chi connectivity index (χ0n) is 16.7. The lowest BCUT2D eigenvalue weighted by Crippen LogP contribution is -2.33. The van der Waals surface area contributed by atoms with E-state index >= 15 is 0 Å². The summed E-state index contributed by atoms with van der Waals surface area (Å²) in [7, 11) is 0. The highest BCUT2D eigenvalue weighted by atomic mass is 32.2. The van der Waals surface area contributed by atoms with Crippen LogP contribution >= 0.6 is 11.8 Å². The second-order valence-corrected chi connectivity index (χ2v) is 7.70. The maximum absolute atomic E-state index is 12.9. The molecule has 0 bridgehead atoms. The van der Waals surface area contributed by atoms with Gasteiger partial charge in [-0.2, -0.15) is 5.26 Å². The highest BCUT2D eigenvalue weighted by molar-refractivity contribution is 7.99. The van der Waals surface area contributed by atoms with Gasteiger partial charge in [0.1, 0.15) is 0 Å². The van der Waals surface area contributed by atoms with Crippen molar-refractivity contribution in [2.24, 2.45) is 0 Å². The molecule has 0 radical (unpaired) electrons. The number of thioether (sulfide) groups is 1. The van der Waals surface area contributed by atoms with Gasteiger partial charge in [0.2, 0.25) is 11.8 Å². The number of carbonyl (C=O) groups excluding carboxylic acids is 1. The van der Waals surface area contributed by atoms with Crippen molar-refractivity contribution in [2.75, 3.05) is 17.2 Å². The minimum absolute atomic E-state index is 0.106. The molecule has 2 aromatic carbocycles. The fraction of sp³-hybridized carbons (Fsp3) is 0.273. The number of anilines is 1. The average Bonchev–Trinajstić information content (AvgIpc) is 3.15. The van der Waals surface area contributed by atoms with Gasteiger partial charge in [-0.1, -0.05) is 36.0 Å². The Balaban J connectivity index is 1.72. The van der Waals surface area contributed by atoms with Crippen LogP contribution in [0, 0.1) is 32.1 Å². The van der Waals surface area contributed by atoms with Gasteiger partial charge in [0, 0.05) is 17.8 Å². The van der Waals surface area contributed by atoms with Gasteiger partial charge in [0.15, 0.2) is 0 Å². The maximum atomic E-state index is 12.9. The number of hydrogen-bond donors (Lipinski definition) is 0. The summed E-state index contributed by atoms with van der Waals surface area (Å²) in [4.78, 5) is 14.5. The Bertz CT molecular complexity index is 1030. The van der Waals surface area contributed by atoms with Crippen molar-refractivity contribution in [1.29, 1.82) is 5.26 Å². The first-order chi connectivity index (χ1) is 14.0. The van der Waals surface area contributed by atoms with Crippen molar-refractivity contribution in [3.63, 3.8) is 0 Å². The van der Waals surface area contributed by atoms with Gasteiger partial charge in [-0.25, -0.2) is 0 Å². The molecular weight excluding hydrogens is 384 g/mol. The van der Waals surface area contributed by atoms with Crippen LogP contribution in [-0.2, 0) is 4.79 Å². The molecule has 3 rings (SSSR count). The lowest BCUT2D eigenvalue weighted by atomic mass is 10.1. The number of hydrogen-bond acceptors (Lipinski definition) is 6. The third-order valence-electron chi connectivity index (χ3n) is 4.37. The largest absolute Gasteiger partial charge is 0.411 e. The van der Waals surface area contributed by atoms with E-state index in [1.54, 1.807) is 4.90 Å². The van der Waals surface area contributed by atoms with E-state index in [9.17, 15) is 4.79 Å². The van der Waals surface area contributed by atoms with Crippen LogP contribution in [0.25, 0.3) is 11.5 Å². The van der Waals surface area contributed by atoms with Gasteiger partial charge in [-0.15, -0.1) is 10.2 Å². The molecule has 0 aliphatic carbocycles. The Kier molecular flexibility index (Phi) is 6.68. The molecule has 0 fully saturated rings. The van der Waals surface area contributed by atoms with E-state index < -0.39 is 0 Å². The van der Waals surface area contributed by atoms with Crippen LogP contribution in [0.3, 0.4) is 0 Å². The number of rotatable bonds is 7. The molecule has 6 nitrogen and oxygen atoms in total. The number of aromatic nitrogens is 2. The quantitative estimate of drug-likeness (QED) is 0.529. The van der Waals surface area contributed by atoms with E-state index in [4.69, 9.17) is 9.68 Å². The number of aryl methyl sites for hydroxylation is 3. The molecule has 0 saturated heterocycles. The molecule has 0 aliphatic rings. The summed E-state index contributed by atoms with van der Waals surface area (Å²) in [5.41, 5.74) is 4.86. The minimum Gasteiger partial charge on any atom is -0.411 e. The molecule has 0 atom stereocenters. The molecule has 0 unspecified atom stereocenters. The summed E-state index contributed by atoms with van der Waals surface area (Å²) in [5, 5.41) is 17.5. The van der Waals surface area contributed by atoms with Crippen LogP contribution in [-0.4, -0.2) is 28.4 Å². The van der Waals surface area contributed by atoms with Crippen LogP contribution in [0.2, 0.25) is 0 Å². The first kappa shape index (κ1) is 20.6. The highest BCUT2D eigenvalue weighted by Crippen LogP contribution is 2.26. The first-order valence-electron chi connectivity index (χ1n) is 9.26. The van der Waals surface area contributed by atoms with Crippen LogP contribution in [0.1, 0.15) is 23.1 Å². The summed E-state index contributed by atoms with van der Waals surface area (Å²) in [6, 6.07) is 15.8. The molecule has 3 aromatic rings. The average molecular weight is 407 g/mol. The van der Waals surface area contributed by atoms with Gasteiger partial charge in [-0.3, -0.25) is 4.79 Å². The molecule has 1 heterocycles. The normalized spacial score (nSPS) is 10.6. The third kappa shape index (κ3) is 5.24. The van der Waals surface area contributed by atoms with Gasteiger partial charge in [0.05, 0.1) is 18.2 Å². The number of carbonyl (C=O) groups is 1. The molecule has 29 heavy (non-hydrogen) atoms. The van der Waals surface area contributed by atoms with E-state index in [1.807, 2.05) is 57.2 Å². The monoisotopic (exact) mass is 406 g/mol. The van der Waals surface area contributed by atoms with E-state index in [1.165, 1.54) is 11.8 Å². The van der Waals surface area contributed by atoms with Crippen molar-refractivity contribution >= 4 is 23.4 Å². The fourth-order valence-corrected chi connectivity index (χ4v) is 3.70. The van der Waals surface area contributed by atoms with Gasteiger partial charge >= 0.3 is 0 Å². The predicted octanol–water partition coefficient (Wildman–Crippen LogP) is 4.70. The van der Waals surface area contributed by atoms with Crippen LogP contribution in [0.4, 0.5) is 5.69 Å². The third-order valence-corrected chi connectivity index (χ3v) is 5.17. The molecule has 148 valence electrons. The minimum atomic E-state index is -0.106. The van der Waals surface area contributed by atoms with Gasteiger partial charge < -0.3 is 9.32 Å². The first-order valence-corrected chi connectivity index (χ1v) is 10.2. The van der Waals surface area contributed by atoms with Crippen LogP contribution in [0.15, 0.2) is 52.1 Å². The molecule has 0 spiro atoms. The Morgan fingerprint density at radius 3 is 2.55 bits per heavy atom. The summed E-state index contributed by atoms with van der Waals surface area (Å²) in [6.45, 7) is 6.30. The molecule has 7 heteroatoms. The van der Waals surface area contributed by atoms with Gasteiger partial charge in [0.25, 0.3) is 5.22 Å². The van der Waals surface area contributed by atoms with Crippen LogP contribution in [0.5, 0.6) is 0 Å². The topological polar surface area (TPSA) is 83.0 Å². The van der Waals surface area contributed by atoms with Gasteiger partial charge in [-0.05, 0) is 55.7 Å². The molecule has 1 amide bonds. The molecule has 0 N–H and O–H groups in total. The highest BCUT2D eigenvalue weighted by Gasteiger charge is 2.19. The second kappa shape index (κ2) is 9.39. The number of amides is 1. The summed E-state index contributed by atoms with van der Waals surface area (Å²) in [5.74, 6) is 0.480. The van der Waals surface area contributed by atoms with E-state index in [-0.39, 0.29) is 18.1 Å². The van der Waals surface area contributed by atoms with Crippen molar-refractivity contribution in [2.45, 2.75) is 32.4 Å². The van der Waals surface area contributed by atoms with E-state index in [0.29, 0.717) is 17.7 Å².